The highest BCUT2D eigenvalue weighted by Gasteiger charge is 2.06. The summed E-state index contributed by atoms with van der Waals surface area (Å²) in [6, 6.07) is 2.83. The van der Waals surface area contributed by atoms with Gasteiger partial charge in [-0.15, -0.1) is 0 Å². The number of aryl methyl sites for hydroxylation is 1. The van der Waals surface area contributed by atoms with Crippen LogP contribution in [0.15, 0.2) is 18.3 Å². The van der Waals surface area contributed by atoms with Crippen LogP contribution in [-0.2, 0) is 9.59 Å². The second-order valence-corrected chi connectivity index (χ2v) is 3.67. The van der Waals surface area contributed by atoms with Gasteiger partial charge in [0.1, 0.15) is 6.54 Å². The van der Waals surface area contributed by atoms with Crippen LogP contribution >= 0.6 is 0 Å². The topological polar surface area (TPSA) is 120 Å². The number of hydrogen-bond acceptors (Lipinski definition) is 4. The quantitative estimate of drug-likeness (QED) is 0.583. The largest absolute Gasteiger partial charge is 0.480 e. The Morgan fingerprint density at radius 1 is 1.21 bits per heavy atom. The van der Waals surface area contributed by atoms with Crippen LogP contribution in [0.3, 0.4) is 0 Å². The fourth-order valence-electron chi connectivity index (χ4n) is 1.11. The molecule has 8 heteroatoms. The summed E-state index contributed by atoms with van der Waals surface area (Å²) < 4.78 is 0. The molecule has 0 aliphatic heterocycles. The smallest absolute Gasteiger partial charge is 0.322 e. The van der Waals surface area contributed by atoms with Crippen LogP contribution in [-0.4, -0.2) is 41.1 Å². The number of aliphatic carboxylic acids is 1. The van der Waals surface area contributed by atoms with E-state index in [0.29, 0.717) is 5.69 Å². The van der Waals surface area contributed by atoms with Crippen molar-refractivity contribution >= 4 is 23.6 Å². The van der Waals surface area contributed by atoms with Gasteiger partial charge in [0.2, 0.25) is 5.91 Å². The lowest BCUT2D eigenvalue weighted by atomic mass is 10.3. The van der Waals surface area contributed by atoms with Crippen molar-refractivity contribution < 1.29 is 19.5 Å². The van der Waals surface area contributed by atoms with Crippen LogP contribution in [0.4, 0.5) is 10.5 Å². The molecule has 0 unspecified atom stereocenters. The summed E-state index contributed by atoms with van der Waals surface area (Å²) in [6.45, 7) is 1.03. The Hall–Kier alpha value is -2.64. The second-order valence-electron chi connectivity index (χ2n) is 3.67. The summed E-state index contributed by atoms with van der Waals surface area (Å²) in [7, 11) is 0. The number of nitrogens with one attached hydrogen (secondary N) is 3. The molecule has 0 spiro atoms. The minimum atomic E-state index is -1.15. The van der Waals surface area contributed by atoms with Gasteiger partial charge in [0.25, 0.3) is 0 Å². The number of carbonyl (C=O) groups is 3. The summed E-state index contributed by atoms with van der Waals surface area (Å²) in [5, 5.41) is 15.2. The molecule has 3 amide bonds. The number of carbonyl (C=O) groups excluding carboxylic acids is 2. The summed E-state index contributed by atoms with van der Waals surface area (Å²) in [4.78, 5) is 36.7. The van der Waals surface area contributed by atoms with E-state index in [9.17, 15) is 14.4 Å². The molecule has 0 aliphatic rings. The third-order valence-corrected chi connectivity index (χ3v) is 2.02. The number of urea groups is 1. The van der Waals surface area contributed by atoms with Gasteiger partial charge >= 0.3 is 12.0 Å². The third kappa shape index (κ3) is 6.01. The number of rotatable bonds is 5. The molecule has 0 saturated heterocycles. The average molecular weight is 266 g/mol. The molecule has 0 bridgehead atoms. The predicted molar refractivity (Wildman–Crippen MR) is 66.6 cm³/mol. The maximum Gasteiger partial charge on any atom is 0.322 e. The number of pyridine rings is 1. The van der Waals surface area contributed by atoms with Crippen molar-refractivity contribution in [3.8, 4) is 0 Å². The van der Waals surface area contributed by atoms with Gasteiger partial charge in [0.05, 0.1) is 18.4 Å². The Labute approximate surface area is 109 Å². The van der Waals surface area contributed by atoms with Crippen molar-refractivity contribution in [1.29, 1.82) is 0 Å². The molecule has 1 aromatic heterocycles. The van der Waals surface area contributed by atoms with E-state index in [4.69, 9.17) is 5.11 Å². The van der Waals surface area contributed by atoms with Gasteiger partial charge in [-0.3, -0.25) is 14.6 Å². The minimum Gasteiger partial charge on any atom is -0.480 e. The van der Waals surface area contributed by atoms with Gasteiger partial charge in [0.15, 0.2) is 0 Å². The van der Waals surface area contributed by atoms with Crippen LogP contribution in [0.2, 0.25) is 0 Å². The van der Waals surface area contributed by atoms with Gasteiger partial charge in [-0.2, -0.15) is 0 Å². The van der Waals surface area contributed by atoms with Gasteiger partial charge in [0, 0.05) is 5.69 Å². The molecule has 102 valence electrons. The molecule has 0 radical (unpaired) electrons. The van der Waals surface area contributed by atoms with Crippen molar-refractivity contribution in [3.05, 3.63) is 24.0 Å². The van der Waals surface area contributed by atoms with Gasteiger partial charge in [-0.25, -0.2) is 4.79 Å². The minimum absolute atomic E-state index is 0.307. The first-order valence-electron chi connectivity index (χ1n) is 5.43. The predicted octanol–water partition coefficient (Wildman–Crippen LogP) is -0.288. The van der Waals surface area contributed by atoms with E-state index >= 15 is 0 Å². The van der Waals surface area contributed by atoms with E-state index in [1.54, 1.807) is 12.1 Å². The van der Waals surface area contributed by atoms with E-state index in [-0.39, 0.29) is 6.54 Å². The molecule has 0 aromatic carbocycles. The number of amides is 3. The van der Waals surface area contributed by atoms with Crippen molar-refractivity contribution in [2.45, 2.75) is 6.92 Å². The first-order chi connectivity index (χ1) is 8.97. The molecule has 1 aromatic rings. The molecule has 8 nitrogen and oxygen atoms in total. The van der Waals surface area contributed by atoms with Gasteiger partial charge in [-0.1, -0.05) is 0 Å². The summed E-state index contributed by atoms with van der Waals surface area (Å²) in [5.74, 6) is -1.73. The van der Waals surface area contributed by atoms with Crippen molar-refractivity contribution in [2.75, 3.05) is 18.4 Å². The monoisotopic (exact) mass is 266 g/mol. The van der Waals surface area contributed by atoms with Crippen LogP contribution in [0.1, 0.15) is 5.69 Å². The highest BCUT2D eigenvalue weighted by atomic mass is 16.4. The fourth-order valence-corrected chi connectivity index (χ4v) is 1.11. The van der Waals surface area contributed by atoms with Gasteiger partial charge < -0.3 is 21.1 Å². The average Bonchev–Trinajstić information content (AvgIpc) is 2.36. The second kappa shape index (κ2) is 6.94. The fraction of sp³-hybridized carbons (Fsp3) is 0.273. The van der Waals surface area contributed by atoms with Crippen LogP contribution in [0.5, 0.6) is 0 Å². The standard InChI is InChI=1S/C11H14N4O4/c1-7-2-3-8(4-12-7)15-11(19)14-5-9(16)13-6-10(17)18/h2-4H,5-6H2,1H3,(H,13,16)(H,17,18)(H2,14,15,19). The lowest BCUT2D eigenvalue weighted by Gasteiger charge is -2.07. The van der Waals surface area contributed by atoms with E-state index in [1.807, 2.05) is 6.92 Å². The van der Waals surface area contributed by atoms with E-state index in [2.05, 4.69) is 20.9 Å². The number of carboxylic acids is 1. The molecule has 0 atom stereocenters. The first kappa shape index (κ1) is 14.4. The summed E-state index contributed by atoms with van der Waals surface area (Å²) in [6.07, 6.45) is 1.49. The van der Waals surface area contributed by atoms with Crippen molar-refractivity contribution in [3.63, 3.8) is 0 Å². The number of anilines is 1. The molecule has 0 saturated carbocycles. The number of nitrogens with zero attached hydrogens (tertiary/aromatic N) is 1. The number of carboxylic acid groups (broad SMARTS) is 1. The number of aromatic nitrogens is 1. The summed E-state index contributed by atoms with van der Waals surface area (Å²) in [5.41, 5.74) is 1.31. The highest BCUT2D eigenvalue weighted by Crippen LogP contribution is 2.04. The molecule has 1 heterocycles. The molecular formula is C11H14N4O4. The van der Waals surface area contributed by atoms with Crippen LogP contribution in [0, 0.1) is 6.92 Å². The Balaban J connectivity index is 2.29. The molecule has 0 aliphatic carbocycles. The zero-order chi connectivity index (χ0) is 14.3. The lowest BCUT2D eigenvalue weighted by molar-refractivity contribution is -0.137. The Kier molecular flexibility index (Phi) is 5.27. The lowest BCUT2D eigenvalue weighted by Crippen LogP contribution is -2.40. The maximum absolute atomic E-state index is 11.4. The molecule has 0 fully saturated rings. The molecular weight excluding hydrogens is 252 g/mol. The van der Waals surface area contributed by atoms with E-state index < -0.39 is 24.5 Å². The number of hydrogen-bond donors (Lipinski definition) is 4. The Morgan fingerprint density at radius 3 is 2.53 bits per heavy atom. The highest BCUT2D eigenvalue weighted by molar-refractivity contribution is 5.92. The maximum atomic E-state index is 11.4. The van der Waals surface area contributed by atoms with E-state index in [1.165, 1.54) is 6.20 Å². The summed E-state index contributed by atoms with van der Waals surface area (Å²) >= 11 is 0. The van der Waals surface area contributed by atoms with Crippen LogP contribution in [0.25, 0.3) is 0 Å². The Morgan fingerprint density at radius 2 is 1.95 bits per heavy atom. The van der Waals surface area contributed by atoms with Crippen LogP contribution < -0.4 is 16.0 Å². The van der Waals surface area contributed by atoms with Crippen molar-refractivity contribution in [2.24, 2.45) is 0 Å². The Bertz CT molecular complexity index is 472. The zero-order valence-electron chi connectivity index (χ0n) is 10.3. The molecule has 19 heavy (non-hydrogen) atoms. The van der Waals surface area contributed by atoms with E-state index in [0.717, 1.165) is 5.69 Å². The zero-order valence-corrected chi connectivity index (χ0v) is 10.3. The normalized spacial score (nSPS) is 9.53. The third-order valence-electron chi connectivity index (χ3n) is 2.02. The SMILES string of the molecule is Cc1ccc(NC(=O)NCC(=O)NCC(=O)O)cn1. The van der Waals surface area contributed by atoms with Gasteiger partial charge in [-0.05, 0) is 19.1 Å². The molecule has 4 N–H and O–H groups in total. The van der Waals surface area contributed by atoms with Crippen molar-refractivity contribution in [1.82, 2.24) is 15.6 Å². The molecule has 1 rings (SSSR count). The first-order valence-corrected chi connectivity index (χ1v) is 5.43.